The van der Waals surface area contributed by atoms with Gasteiger partial charge in [0.2, 0.25) is 0 Å². The van der Waals surface area contributed by atoms with Crippen molar-refractivity contribution in [2.45, 2.75) is 37.8 Å². The van der Waals surface area contributed by atoms with Crippen LogP contribution >= 0.6 is 0 Å². The zero-order valence-electron chi connectivity index (χ0n) is 13.5. The summed E-state index contributed by atoms with van der Waals surface area (Å²) in [6.07, 6.45) is 6.13. The maximum atomic E-state index is 13.2. The summed E-state index contributed by atoms with van der Waals surface area (Å²) in [6.45, 7) is 0.774. The number of hydrogen-bond donors (Lipinski definition) is 2. The minimum atomic E-state index is -0.244. The average Bonchev–Trinajstić information content (AvgIpc) is 3.09. The molecule has 5 heteroatoms. The molecule has 2 fully saturated rings. The van der Waals surface area contributed by atoms with E-state index in [-0.39, 0.29) is 23.9 Å². The molecule has 24 heavy (non-hydrogen) atoms. The van der Waals surface area contributed by atoms with Gasteiger partial charge >= 0.3 is 6.03 Å². The third-order valence-electron chi connectivity index (χ3n) is 5.10. The van der Waals surface area contributed by atoms with Crippen LogP contribution in [0.1, 0.15) is 49.0 Å². The molecule has 0 radical (unpaired) electrons. The number of carbonyl (C=O) groups excluding carboxylic acids is 1. The summed E-state index contributed by atoms with van der Waals surface area (Å²) >= 11 is 0. The molecule has 1 saturated heterocycles. The normalized spacial score (nSPS) is 21.7. The maximum Gasteiger partial charge on any atom is 0.318 e. The lowest BCUT2D eigenvalue weighted by Gasteiger charge is -2.28. The van der Waals surface area contributed by atoms with Crippen molar-refractivity contribution in [3.63, 3.8) is 0 Å². The Hall–Kier alpha value is -2.30. The minimum Gasteiger partial charge on any atom is -0.363 e. The summed E-state index contributed by atoms with van der Waals surface area (Å²) in [5.74, 6) is 0.219. The molecule has 2 atom stereocenters. The molecule has 0 bridgehead atoms. The van der Waals surface area contributed by atoms with Crippen LogP contribution in [0, 0.1) is 11.7 Å². The number of hydrogen-bond acceptors (Lipinski definition) is 1. The summed E-state index contributed by atoms with van der Waals surface area (Å²) in [4.78, 5) is 18.0. The monoisotopic (exact) mass is 327 g/mol. The van der Waals surface area contributed by atoms with Gasteiger partial charge in [0.05, 0.1) is 12.1 Å². The molecule has 1 aliphatic carbocycles. The number of H-pyrrole nitrogens is 1. The summed E-state index contributed by atoms with van der Waals surface area (Å²) in [6, 6.07) is 10.6. The highest BCUT2D eigenvalue weighted by atomic mass is 19.1. The van der Waals surface area contributed by atoms with Crippen molar-refractivity contribution in [2.24, 2.45) is 5.92 Å². The fourth-order valence-electron chi connectivity index (χ4n) is 3.67. The predicted octanol–water partition coefficient (Wildman–Crippen LogP) is 4.15. The van der Waals surface area contributed by atoms with Gasteiger partial charge < -0.3 is 15.2 Å². The molecule has 126 valence electrons. The first kappa shape index (κ1) is 15.2. The number of urea groups is 1. The summed E-state index contributed by atoms with van der Waals surface area (Å²) in [5, 5.41) is 3.20. The Labute approximate surface area is 141 Å². The van der Waals surface area contributed by atoms with Crippen molar-refractivity contribution in [1.82, 2.24) is 15.2 Å². The van der Waals surface area contributed by atoms with E-state index in [2.05, 4.69) is 10.3 Å². The van der Waals surface area contributed by atoms with Gasteiger partial charge in [0.1, 0.15) is 5.82 Å². The van der Waals surface area contributed by atoms with Crippen LogP contribution in [-0.4, -0.2) is 22.5 Å². The number of benzene rings is 1. The van der Waals surface area contributed by atoms with Crippen molar-refractivity contribution >= 4 is 6.03 Å². The molecule has 2 aliphatic rings. The number of halogens is 1. The molecule has 2 aromatic rings. The van der Waals surface area contributed by atoms with Crippen molar-refractivity contribution < 1.29 is 9.18 Å². The topological polar surface area (TPSA) is 48.1 Å². The molecular formula is C19H22FN3O. The molecule has 1 aliphatic heterocycles. The van der Waals surface area contributed by atoms with Gasteiger partial charge in [0, 0.05) is 18.4 Å². The van der Waals surface area contributed by atoms with Gasteiger partial charge in [0.15, 0.2) is 0 Å². The molecule has 2 N–H and O–H groups in total. The van der Waals surface area contributed by atoms with Crippen LogP contribution in [0.5, 0.6) is 0 Å². The van der Waals surface area contributed by atoms with Gasteiger partial charge in [0.25, 0.3) is 0 Å². The number of rotatable bonds is 4. The SMILES string of the molecule is O=C(N[C@@H](c1ccc(F)cc1)C1CC1)N1CCC[C@H]1c1ccc[nH]1. The van der Waals surface area contributed by atoms with Gasteiger partial charge in [-0.15, -0.1) is 0 Å². The van der Waals surface area contributed by atoms with Gasteiger partial charge in [-0.25, -0.2) is 9.18 Å². The Bertz CT molecular complexity index is 694. The van der Waals surface area contributed by atoms with Gasteiger partial charge in [-0.1, -0.05) is 12.1 Å². The summed E-state index contributed by atoms with van der Waals surface area (Å²) in [7, 11) is 0. The Kier molecular flexibility index (Phi) is 4.00. The van der Waals surface area contributed by atoms with Crippen LogP contribution < -0.4 is 5.32 Å². The summed E-state index contributed by atoms with van der Waals surface area (Å²) < 4.78 is 13.2. The first-order valence-electron chi connectivity index (χ1n) is 8.68. The third kappa shape index (κ3) is 3.03. The standard InChI is InChI=1S/C19H22FN3O/c20-15-9-7-14(8-10-15)18(13-5-6-13)22-19(24)23-12-2-4-17(23)16-3-1-11-21-16/h1,3,7-11,13,17-18,21H,2,4-6,12H2,(H,22,24)/t17-,18+/m0/s1. The van der Waals surface area contributed by atoms with E-state index in [1.807, 2.05) is 23.2 Å². The molecule has 4 rings (SSSR count). The zero-order chi connectivity index (χ0) is 16.5. The lowest BCUT2D eigenvalue weighted by Crippen LogP contribution is -2.42. The lowest BCUT2D eigenvalue weighted by molar-refractivity contribution is 0.186. The van der Waals surface area contributed by atoms with E-state index in [0.717, 1.165) is 43.5 Å². The predicted molar refractivity (Wildman–Crippen MR) is 89.9 cm³/mol. The second-order valence-corrected chi connectivity index (χ2v) is 6.79. The number of nitrogens with zero attached hydrogens (tertiary/aromatic N) is 1. The molecule has 1 aromatic carbocycles. The number of aromatic amines is 1. The minimum absolute atomic E-state index is 0.0201. The zero-order valence-corrected chi connectivity index (χ0v) is 13.5. The van der Waals surface area contributed by atoms with E-state index in [1.54, 1.807) is 12.1 Å². The van der Waals surface area contributed by atoms with E-state index in [0.29, 0.717) is 5.92 Å². The van der Waals surface area contributed by atoms with Gasteiger partial charge in [-0.3, -0.25) is 0 Å². The van der Waals surface area contributed by atoms with Crippen LogP contribution in [0.15, 0.2) is 42.6 Å². The first-order valence-corrected chi connectivity index (χ1v) is 8.68. The van der Waals surface area contributed by atoms with Crippen LogP contribution in [0.25, 0.3) is 0 Å². The van der Waals surface area contributed by atoms with Crippen LogP contribution in [0.2, 0.25) is 0 Å². The van der Waals surface area contributed by atoms with Crippen LogP contribution in [0.3, 0.4) is 0 Å². The maximum absolute atomic E-state index is 13.2. The van der Waals surface area contributed by atoms with E-state index < -0.39 is 0 Å². The molecular weight excluding hydrogens is 305 g/mol. The Morgan fingerprint density at radius 1 is 1.21 bits per heavy atom. The Balaban J connectivity index is 1.50. The Morgan fingerprint density at radius 3 is 2.67 bits per heavy atom. The number of carbonyl (C=O) groups is 1. The smallest absolute Gasteiger partial charge is 0.318 e. The van der Waals surface area contributed by atoms with Crippen LogP contribution in [0.4, 0.5) is 9.18 Å². The highest BCUT2D eigenvalue weighted by Gasteiger charge is 2.37. The number of aromatic nitrogens is 1. The quantitative estimate of drug-likeness (QED) is 0.870. The summed E-state index contributed by atoms with van der Waals surface area (Å²) in [5.41, 5.74) is 2.08. The molecule has 1 saturated carbocycles. The molecule has 4 nitrogen and oxygen atoms in total. The van der Waals surface area contributed by atoms with Crippen molar-refractivity contribution in [2.75, 3.05) is 6.54 Å². The van der Waals surface area contributed by atoms with Crippen molar-refractivity contribution in [3.05, 3.63) is 59.7 Å². The average molecular weight is 327 g/mol. The third-order valence-corrected chi connectivity index (χ3v) is 5.10. The van der Waals surface area contributed by atoms with E-state index in [4.69, 9.17) is 0 Å². The largest absolute Gasteiger partial charge is 0.363 e. The highest BCUT2D eigenvalue weighted by molar-refractivity contribution is 5.75. The lowest BCUT2D eigenvalue weighted by atomic mass is 10.0. The van der Waals surface area contributed by atoms with Crippen LogP contribution in [-0.2, 0) is 0 Å². The van der Waals surface area contributed by atoms with Crippen molar-refractivity contribution in [3.8, 4) is 0 Å². The fraction of sp³-hybridized carbons (Fsp3) is 0.421. The van der Waals surface area contributed by atoms with Gasteiger partial charge in [-0.2, -0.15) is 0 Å². The van der Waals surface area contributed by atoms with Gasteiger partial charge in [-0.05, 0) is 61.4 Å². The Morgan fingerprint density at radius 2 is 2.00 bits per heavy atom. The fourth-order valence-corrected chi connectivity index (χ4v) is 3.67. The molecule has 2 heterocycles. The number of likely N-dealkylation sites (tertiary alicyclic amines) is 1. The highest BCUT2D eigenvalue weighted by Crippen LogP contribution is 2.41. The van der Waals surface area contributed by atoms with Crippen molar-refractivity contribution in [1.29, 1.82) is 0 Å². The number of amides is 2. The second-order valence-electron chi connectivity index (χ2n) is 6.79. The van der Waals surface area contributed by atoms with E-state index in [1.165, 1.54) is 12.1 Å². The molecule has 0 unspecified atom stereocenters. The van der Waals surface area contributed by atoms with E-state index in [9.17, 15) is 9.18 Å². The van der Waals surface area contributed by atoms with E-state index >= 15 is 0 Å². The molecule has 0 spiro atoms. The molecule has 1 aromatic heterocycles. The number of nitrogens with one attached hydrogen (secondary N) is 2. The molecule has 2 amide bonds. The second kappa shape index (κ2) is 6.30. The first-order chi connectivity index (χ1) is 11.7.